The summed E-state index contributed by atoms with van der Waals surface area (Å²) in [5.74, 6) is -0.897. The van der Waals surface area contributed by atoms with Gasteiger partial charge in [0.2, 0.25) is 0 Å². The van der Waals surface area contributed by atoms with Gasteiger partial charge in [-0.2, -0.15) is 0 Å². The second-order valence-electron chi connectivity index (χ2n) is 3.39. The average Bonchev–Trinajstić information content (AvgIpc) is 2.64. The minimum absolute atomic E-state index is 0.320. The zero-order valence-corrected chi connectivity index (χ0v) is 9.89. The second kappa shape index (κ2) is 4.68. The zero-order valence-electron chi connectivity index (χ0n) is 8.31. The molecule has 0 atom stereocenters. The Labute approximate surface area is 102 Å². The highest BCUT2D eigenvalue weighted by molar-refractivity contribution is 7.16. The first-order valence-corrected chi connectivity index (χ1v) is 5.91. The summed E-state index contributed by atoms with van der Waals surface area (Å²) in [4.78, 5) is 11.9. The van der Waals surface area contributed by atoms with Gasteiger partial charge in [0.1, 0.15) is 0 Å². The van der Waals surface area contributed by atoms with E-state index in [-0.39, 0.29) is 0 Å². The standard InChI is InChI=1S/C12H9ClO2S/c13-11-5-4-10(16-11)7-8-2-1-3-9(6-8)12(14)15/h1-6H,7H2,(H,14,15). The van der Waals surface area contributed by atoms with E-state index in [1.54, 1.807) is 18.2 Å². The maximum absolute atomic E-state index is 10.8. The maximum Gasteiger partial charge on any atom is 0.335 e. The lowest BCUT2D eigenvalue weighted by molar-refractivity contribution is 0.0697. The Kier molecular flexibility index (Phi) is 3.27. The number of carbonyl (C=O) groups is 1. The van der Waals surface area contributed by atoms with E-state index >= 15 is 0 Å². The monoisotopic (exact) mass is 252 g/mol. The molecule has 82 valence electrons. The third-order valence-corrected chi connectivity index (χ3v) is 3.41. The lowest BCUT2D eigenvalue weighted by Gasteiger charge is -2.00. The lowest BCUT2D eigenvalue weighted by atomic mass is 10.1. The molecule has 1 aromatic carbocycles. The van der Waals surface area contributed by atoms with E-state index in [0.29, 0.717) is 5.56 Å². The molecule has 0 saturated heterocycles. The van der Waals surface area contributed by atoms with Crippen molar-refractivity contribution in [3.8, 4) is 0 Å². The summed E-state index contributed by atoms with van der Waals surface area (Å²) in [6.45, 7) is 0. The molecular formula is C12H9ClO2S. The van der Waals surface area contributed by atoms with E-state index in [2.05, 4.69) is 0 Å². The minimum Gasteiger partial charge on any atom is -0.478 e. The van der Waals surface area contributed by atoms with E-state index in [1.807, 2.05) is 18.2 Å². The minimum atomic E-state index is -0.897. The highest BCUT2D eigenvalue weighted by atomic mass is 35.5. The van der Waals surface area contributed by atoms with Crippen LogP contribution in [0.25, 0.3) is 0 Å². The molecule has 0 bridgehead atoms. The molecule has 16 heavy (non-hydrogen) atoms. The van der Waals surface area contributed by atoms with Crippen molar-refractivity contribution in [1.29, 1.82) is 0 Å². The normalized spacial score (nSPS) is 10.3. The van der Waals surface area contributed by atoms with Crippen LogP contribution >= 0.6 is 22.9 Å². The van der Waals surface area contributed by atoms with Gasteiger partial charge in [-0.05, 0) is 29.8 Å². The van der Waals surface area contributed by atoms with Crippen LogP contribution < -0.4 is 0 Å². The number of hydrogen-bond acceptors (Lipinski definition) is 2. The molecule has 1 aromatic heterocycles. The average molecular weight is 253 g/mol. The first kappa shape index (κ1) is 11.2. The Morgan fingerprint density at radius 2 is 2.12 bits per heavy atom. The summed E-state index contributed by atoms with van der Waals surface area (Å²) in [5.41, 5.74) is 1.30. The van der Waals surface area contributed by atoms with Crippen LogP contribution in [0.3, 0.4) is 0 Å². The van der Waals surface area contributed by atoms with Crippen molar-refractivity contribution in [3.63, 3.8) is 0 Å². The van der Waals surface area contributed by atoms with Crippen molar-refractivity contribution in [1.82, 2.24) is 0 Å². The highest BCUT2D eigenvalue weighted by Gasteiger charge is 2.04. The first-order chi connectivity index (χ1) is 7.65. The number of hydrogen-bond donors (Lipinski definition) is 1. The Hall–Kier alpha value is -1.32. The van der Waals surface area contributed by atoms with E-state index in [4.69, 9.17) is 16.7 Å². The number of carboxylic acids is 1. The fraction of sp³-hybridized carbons (Fsp3) is 0.0833. The van der Waals surface area contributed by atoms with E-state index < -0.39 is 5.97 Å². The van der Waals surface area contributed by atoms with Gasteiger partial charge in [-0.1, -0.05) is 23.7 Å². The first-order valence-electron chi connectivity index (χ1n) is 4.71. The van der Waals surface area contributed by atoms with Gasteiger partial charge in [-0.25, -0.2) is 4.79 Å². The molecule has 0 aliphatic rings. The van der Waals surface area contributed by atoms with Gasteiger partial charge in [0.05, 0.1) is 9.90 Å². The molecule has 0 radical (unpaired) electrons. The van der Waals surface area contributed by atoms with Gasteiger partial charge >= 0.3 is 5.97 Å². The van der Waals surface area contributed by atoms with Crippen molar-refractivity contribution < 1.29 is 9.90 Å². The third kappa shape index (κ3) is 2.62. The van der Waals surface area contributed by atoms with Crippen LogP contribution in [-0.4, -0.2) is 11.1 Å². The smallest absolute Gasteiger partial charge is 0.335 e. The van der Waals surface area contributed by atoms with Crippen molar-refractivity contribution in [3.05, 3.63) is 56.7 Å². The number of rotatable bonds is 3. The summed E-state index contributed by atoms with van der Waals surface area (Å²) >= 11 is 7.35. The summed E-state index contributed by atoms with van der Waals surface area (Å²) < 4.78 is 0.754. The molecule has 2 aromatic rings. The molecule has 0 fully saturated rings. The number of halogens is 1. The van der Waals surface area contributed by atoms with E-state index in [0.717, 1.165) is 21.2 Å². The topological polar surface area (TPSA) is 37.3 Å². The van der Waals surface area contributed by atoms with Gasteiger partial charge in [-0.3, -0.25) is 0 Å². The molecule has 0 unspecified atom stereocenters. The van der Waals surface area contributed by atoms with Crippen LogP contribution in [0.4, 0.5) is 0 Å². The SMILES string of the molecule is O=C(O)c1cccc(Cc2ccc(Cl)s2)c1. The molecular weight excluding hydrogens is 244 g/mol. The molecule has 0 saturated carbocycles. The number of aromatic carboxylic acids is 1. The van der Waals surface area contributed by atoms with Crippen molar-refractivity contribution in [2.75, 3.05) is 0 Å². The largest absolute Gasteiger partial charge is 0.478 e. The summed E-state index contributed by atoms with van der Waals surface area (Å²) in [6.07, 6.45) is 0.721. The van der Waals surface area contributed by atoms with Crippen LogP contribution in [0.2, 0.25) is 4.34 Å². The molecule has 1 heterocycles. The summed E-state index contributed by atoms with van der Waals surface area (Å²) in [5, 5.41) is 8.86. The van der Waals surface area contributed by atoms with E-state index in [1.165, 1.54) is 11.3 Å². The van der Waals surface area contributed by atoms with Crippen LogP contribution in [0, 0.1) is 0 Å². The molecule has 0 amide bonds. The predicted molar refractivity (Wildman–Crippen MR) is 65.5 cm³/mol. The third-order valence-electron chi connectivity index (χ3n) is 2.18. The fourth-order valence-corrected chi connectivity index (χ4v) is 2.58. The molecule has 0 aliphatic heterocycles. The predicted octanol–water partition coefficient (Wildman–Crippen LogP) is 3.69. The van der Waals surface area contributed by atoms with Gasteiger partial charge in [0.25, 0.3) is 0 Å². The van der Waals surface area contributed by atoms with Crippen LogP contribution in [-0.2, 0) is 6.42 Å². The van der Waals surface area contributed by atoms with Gasteiger partial charge in [0, 0.05) is 11.3 Å². The number of carboxylic acid groups (broad SMARTS) is 1. The van der Waals surface area contributed by atoms with Crippen molar-refractivity contribution in [2.24, 2.45) is 0 Å². The molecule has 0 aliphatic carbocycles. The van der Waals surface area contributed by atoms with Gasteiger partial charge in [-0.15, -0.1) is 11.3 Å². The van der Waals surface area contributed by atoms with E-state index in [9.17, 15) is 4.79 Å². The maximum atomic E-state index is 10.8. The zero-order chi connectivity index (χ0) is 11.5. The Morgan fingerprint density at radius 3 is 2.75 bits per heavy atom. The quantitative estimate of drug-likeness (QED) is 0.905. The molecule has 4 heteroatoms. The van der Waals surface area contributed by atoms with Crippen molar-refractivity contribution in [2.45, 2.75) is 6.42 Å². The van der Waals surface area contributed by atoms with Crippen LogP contribution in [0.15, 0.2) is 36.4 Å². The second-order valence-corrected chi connectivity index (χ2v) is 5.19. The molecule has 2 nitrogen and oxygen atoms in total. The molecule has 1 N–H and O–H groups in total. The lowest BCUT2D eigenvalue weighted by Crippen LogP contribution is -1.97. The number of benzene rings is 1. The highest BCUT2D eigenvalue weighted by Crippen LogP contribution is 2.24. The summed E-state index contributed by atoms with van der Waals surface area (Å²) in [6, 6.07) is 10.8. The molecule has 2 rings (SSSR count). The fourth-order valence-electron chi connectivity index (χ4n) is 1.46. The summed E-state index contributed by atoms with van der Waals surface area (Å²) in [7, 11) is 0. The Bertz CT molecular complexity index is 519. The Balaban J connectivity index is 2.21. The molecule has 0 spiro atoms. The van der Waals surface area contributed by atoms with Crippen LogP contribution in [0.1, 0.15) is 20.8 Å². The number of thiophene rings is 1. The Morgan fingerprint density at radius 1 is 1.31 bits per heavy atom. The van der Waals surface area contributed by atoms with Gasteiger partial charge < -0.3 is 5.11 Å². The van der Waals surface area contributed by atoms with Crippen molar-refractivity contribution >= 4 is 28.9 Å². The van der Waals surface area contributed by atoms with Crippen LogP contribution in [0.5, 0.6) is 0 Å². The van der Waals surface area contributed by atoms with Gasteiger partial charge in [0.15, 0.2) is 0 Å².